The third-order valence-electron chi connectivity index (χ3n) is 5.39. The van der Waals surface area contributed by atoms with E-state index in [2.05, 4.69) is 35.0 Å². The first-order valence-electron chi connectivity index (χ1n) is 8.06. The molecule has 0 radical (unpaired) electrons. The van der Waals surface area contributed by atoms with Crippen LogP contribution in [-0.4, -0.2) is 11.2 Å². The Morgan fingerprint density at radius 3 is 2.90 bits per heavy atom. The molecule has 2 heteroatoms. The van der Waals surface area contributed by atoms with Crippen molar-refractivity contribution in [2.75, 3.05) is 6.61 Å². The molecule has 1 heterocycles. The summed E-state index contributed by atoms with van der Waals surface area (Å²) in [6, 6.07) is 8.64. The molecule has 0 aliphatic heterocycles. The summed E-state index contributed by atoms with van der Waals surface area (Å²) in [6.07, 6.45) is 8.16. The lowest BCUT2D eigenvalue weighted by Crippen LogP contribution is -2.16. The zero-order valence-electron chi connectivity index (χ0n) is 12.2. The monoisotopic (exact) mass is 269 g/mol. The summed E-state index contributed by atoms with van der Waals surface area (Å²) in [7, 11) is 0. The maximum absolute atomic E-state index is 5.74. The van der Waals surface area contributed by atoms with Crippen LogP contribution in [0.25, 0.3) is 10.9 Å². The minimum absolute atomic E-state index is 0.733. The second kappa shape index (κ2) is 4.83. The Kier molecular flexibility index (Phi) is 2.98. The number of rotatable bonds is 4. The SMILES string of the molecule is CCOc1cccc2c1ccn2CC1CC2CCC1C2. The summed E-state index contributed by atoms with van der Waals surface area (Å²) in [4.78, 5) is 0. The summed E-state index contributed by atoms with van der Waals surface area (Å²) in [5, 5.41) is 1.26. The maximum atomic E-state index is 5.74. The van der Waals surface area contributed by atoms with Crippen LogP contribution in [0.15, 0.2) is 30.5 Å². The Balaban J connectivity index is 1.62. The maximum Gasteiger partial charge on any atom is 0.128 e. The van der Waals surface area contributed by atoms with Gasteiger partial charge in [0.25, 0.3) is 0 Å². The Morgan fingerprint density at radius 2 is 2.15 bits per heavy atom. The predicted molar refractivity (Wildman–Crippen MR) is 82.0 cm³/mol. The summed E-state index contributed by atoms with van der Waals surface area (Å²) in [6.45, 7) is 3.97. The molecule has 3 unspecified atom stereocenters. The average Bonchev–Trinajstić information content (AvgIpc) is 3.15. The van der Waals surface area contributed by atoms with E-state index in [0.717, 1.165) is 30.1 Å². The third-order valence-corrected chi connectivity index (χ3v) is 5.39. The fraction of sp³-hybridized carbons (Fsp3) is 0.556. The van der Waals surface area contributed by atoms with Gasteiger partial charge in [0.2, 0.25) is 0 Å². The zero-order chi connectivity index (χ0) is 13.5. The average molecular weight is 269 g/mol. The van der Waals surface area contributed by atoms with Crippen molar-refractivity contribution >= 4 is 10.9 Å². The van der Waals surface area contributed by atoms with Gasteiger partial charge in [0.15, 0.2) is 0 Å². The molecule has 0 spiro atoms. The van der Waals surface area contributed by atoms with Crippen LogP contribution in [0.1, 0.15) is 32.6 Å². The molecule has 0 amide bonds. The van der Waals surface area contributed by atoms with Gasteiger partial charge < -0.3 is 9.30 Å². The van der Waals surface area contributed by atoms with Crippen LogP contribution >= 0.6 is 0 Å². The molecule has 2 aliphatic rings. The number of hydrogen-bond acceptors (Lipinski definition) is 1. The summed E-state index contributed by atoms with van der Waals surface area (Å²) in [5.74, 6) is 3.95. The van der Waals surface area contributed by atoms with Gasteiger partial charge in [-0.1, -0.05) is 12.5 Å². The molecule has 0 N–H and O–H groups in total. The number of benzene rings is 1. The molecule has 2 aliphatic carbocycles. The quantitative estimate of drug-likeness (QED) is 0.798. The van der Waals surface area contributed by atoms with E-state index in [1.807, 2.05) is 6.92 Å². The van der Waals surface area contributed by atoms with Crippen molar-refractivity contribution in [3.05, 3.63) is 30.5 Å². The van der Waals surface area contributed by atoms with Crippen molar-refractivity contribution in [3.8, 4) is 5.75 Å². The minimum Gasteiger partial charge on any atom is -0.493 e. The summed E-state index contributed by atoms with van der Waals surface area (Å²) >= 11 is 0. The molecule has 2 fully saturated rings. The van der Waals surface area contributed by atoms with E-state index in [9.17, 15) is 0 Å². The molecular weight excluding hydrogens is 246 g/mol. The topological polar surface area (TPSA) is 14.2 Å². The summed E-state index contributed by atoms with van der Waals surface area (Å²) < 4.78 is 8.19. The molecule has 2 saturated carbocycles. The molecule has 2 nitrogen and oxygen atoms in total. The third kappa shape index (κ3) is 1.93. The molecule has 20 heavy (non-hydrogen) atoms. The second-order valence-corrected chi connectivity index (χ2v) is 6.53. The standard InChI is InChI=1S/C18H23NO/c1-2-20-18-5-3-4-17-16(18)8-9-19(17)12-15-11-13-6-7-14(15)10-13/h3-5,8-9,13-15H,2,6-7,10-12H2,1H3. The highest BCUT2D eigenvalue weighted by Crippen LogP contribution is 2.49. The lowest BCUT2D eigenvalue weighted by atomic mass is 9.89. The predicted octanol–water partition coefficient (Wildman–Crippen LogP) is 4.48. The van der Waals surface area contributed by atoms with Gasteiger partial charge >= 0.3 is 0 Å². The van der Waals surface area contributed by atoms with E-state index in [0.29, 0.717) is 0 Å². The van der Waals surface area contributed by atoms with Crippen LogP contribution < -0.4 is 4.74 Å². The van der Waals surface area contributed by atoms with Crippen molar-refractivity contribution < 1.29 is 4.74 Å². The molecule has 0 saturated heterocycles. The molecule has 1 aromatic carbocycles. The fourth-order valence-electron chi connectivity index (χ4n) is 4.49. The Labute approximate surface area is 120 Å². The zero-order valence-corrected chi connectivity index (χ0v) is 12.2. The van der Waals surface area contributed by atoms with Crippen LogP contribution in [-0.2, 0) is 6.54 Å². The van der Waals surface area contributed by atoms with Crippen LogP contribution in [0.3, 0.4) is 0 Å². The van der Waals surface area contributed by atoms with Gasteiger partial charge in [-0.2, -0.15) is 0 Å². The highest BCUT2D eigenvalue weighted by atomic mass is 16.5. The van der Waals surface area contributed by atoms with E-state index in [-0.39, 0.29) is 0 Å². The fourth-order valence-corrected chi connectivity index (χ4v) is 4.49. The van der Waals surface area contributed by atoms with Crippen LogP contribution in [0.4, 0.5) is 0 Å². The van der Waals surface area contributed by atoms with E-state index in [1.165, 1.54) is 43.1 Å². The number of fused-ring (bicyclic) bond motifs is 3. The number of ether oxygens (including phenoxy) is 1. The van der Waals surface area contributed by atoms with Gasteiger partial charge in [0, 0.05) is 18.1 Å². The molecule has 3 atom stereocenters. The van der Waals surface area contributed by atoms with Gasteiger partial charge in [0.05, 0.1) is 12.1 Å². The van der Waals surface area contributed by atoms with Gasteiger partial charge in [-0.15, -0.1) is 0 Å². The van der Waals surface area contributed by atoms with E-state index >= 15 is 0 Å². The minimum atomic E-state index is 0.733. The van der Waals surface area contributed by atoms with Crippen LogP contribution in [0.5, 0.6) is 5.75 Å². The van der Waals surface area contributed by atoms with Crippen molar-refractivity contribution in [3.63, 3.8) is 0 Å². The first-order chi connectivity index (χ1) is 9.85. The lowest BCUT2D eigenvalue weighted by Gasteiger charge is -2.22. The van der Waals surface area contributed by atoms with Crippen LogP contribution in [0, 0.1) is 17.8 Å². The molecule has 4 rings (SSSR count). The van der Waals surface area contributed by atoms with Crippen molar-refractivity contribution in [1.82, 2.24) is 4.57 Å². The molecule has 1 aromatic heterocycles. The molecule has 2 aromatic rings. The number of aromatic nitrogens is 1. The normalized spacial score (nSPS) is 28.4. The number of nitrogens with zero attached hydrogens (tertiary/aromatic N) is 1. The molecule has 2 bridgehead atoms. The van der Waals surface area contributed by atoms with Crippen molar-refractivity contribution in [2.45, 2.75) is 39.2 Å². The highest BCUT2D eigenvalue weighted by molar-refractivity contribution is 5.86. The van der Waals surface area contributed by atoms with E-state index in [4.69, 9.17) is 4.74 Å². The second-order valence-electron chi connectivity index (χ2n) is 6.53. The molecule has 106 valence electrons. The van der Waals surface area contributed by atoms with E-state index in [1.54, 1.807) is 0 Å². The Bertz CT molecular complexity index is 615. The van der Waals surface area contributed by atoms with E-state index < -0.39 is 0 Å². The Morgan fingerprint density at radius 1 is 1.20 bits per heavy atom. The Hall–Kier alpha value is -1.44. The number of hydrogen-bond donors (Lipinski definition) is 0. The van der Waals surface area contributed by atoms with Gasteiger partial charge in [0.1, 0.15) is 5.75 Å². The lowest BCUT2D eigenvalue weighted by molar-refractivity contribution is 0.299. The van der Waals surface area contributed by atoms with Crippen molar-refractivity contribution in [2.24, 2.45) is 17.8 Å². The van der Waals surface area contributed by atoms with Gasteiger partial charge in [-0.05, 0) is 62.1 Å². The summed E-state index contributed by atoms with van der Waals surface area (Å²) in [5.41, 5.74) is 1.33. The first-order valence-corrected chi connectivity index (χ1v) is 8.06. The smallest absolute Gasteiger partial charge is 0.128 e. The molecular formula is C18H23NO. The van der Waals surface area contributed by atoms with Gasteiger partial charge in [-0.25, -0.2) is 0 Å². The highest BCUT2D eigenvalue weighted by Gasteiger charge is 2.39. The van der Waals surface area contributed by atoms with Crippen molar-refractivity contribution in [1.29, 1.82) is 0 Å². The van der Waals surface area contributed by atoms with Gasteiger partial charge in [-0.3, -0.25) is 0 Å². The largest absolute Gasteiger partial charge is 0.493 e. The first kappa shape index (κ1) is 12.3. The van der Waals surface area contributed by atoms with Crippen LogP contribution in [0.2, 0.25) is 0 Å².